The summed E-state index contributed by atoms with van der Waals surface area (Å²) < 4.78 is 5.00. The third kappa shape index (κ3) is 5.90. The summed E-state index contributed by atoms with van der Waals surface area (Å²) in [5, 5.41) is 11.3. The smallest absolute Gasteiger partial charge is 0.411 e. The molecule has 0 atom stereocenters. The number of carboxylic acid groups (broad SMARTS) is 1. The molecule has 19 heavy (non-hydrogen) atoms. The number of carboxylic acids is 1. The number of amides is 1. The zero-order valence-corrected chi connectivity index (χ0v) is 11.0. The fourth-order valence-corrected chi connectivity index (χ4v) is 1.56. The summed E-state index contributed by atoms with van der Waals surface area (Å²) in [6.07, 6.45) is 1.69. The number of benzene rings is 1. The standard InChI is InChI=1S/C14H19NO4/c1-2-3-10-19-14(18)15-12-7-5-4-6-11(12)8-9-13(16)17/h4-7H,2-3,8-10H2,1H3,(H,15,18)(H,16,17). The van der Waals surface area contributed by atoms with Gasteiger partial charge in [0.05, 0.1) is 6.61 Å². The first-order valence-electron chi connectivity index (χ1n) is 6.37. The highest BCUT2D eigenvalue weighted by atomic mass is 16.5. The van der Waals surface area contributed by atoms with Crippen molar-refractivity contribution in [1.82, 2.24) is 0 Å². The van der Waals surface area contributed by atoms with Gasteiger partial charge in [0.1, 0.15) is 0 Å². The van der Waals surface area contributed by atoms with Gasteiger partial charge in [0, 0.05) is 12.1 Å². The Morgan fingerprint density at radius 2 is 2.05 bits per heavy atom. The summed E-state index contributed by atoms with van der Waals surface area (Å²) >= 11 is 0. The van der Waals surface area contributed by atoms with E-state index in [2.05, 4.69) is 5.32 Å². The number of carbonyl (C=O) groups excluding carboxylic acids is 1. The van der Waals surface area contributed by atoms with E-state index in [1.165, 1.54) is 0 Å². The van der Waals surface area contributed by atoms with Gasteiger partial charge in [0.15, 0.2) is 0 Å². The van der Waals surface area contributed by atoms with Crippen LogP contribution >= 0.6 is 0 Å². The maximum atomic E-state index is 11.5. The van der Waals surface area contributed by atoms with Crippen LogP contribution in [0.1, 0.15) is 31.7 Å². The van der Waals surface area contributed by atoms with Crippen molar-refractivity contribution in [2.24, 2.45) is 0 Å². The molecule has 0 aliphatic heterocycles. The maximum absolute atomic E-state index is 11.5. The fraction of sp³-hybridized carbons (Fsp3) is 0.429. The molecule has 0 saturated heterocycles. The van der Waals surface area contributed by atoms with Crippen molar-refractivity contribution >= 4 is 17.7 Å². The van der Waals surface area contributed by atoms with E-state index in [1.54, 1.807) is 18.2 Å². The molecule has 1 rings (SSSR count). The molecule has 5 nitrogen and oxygen atoms in total. The highest BCUT2D eigenvalue weighted by Gasteiger charge is 2.08. The minimum absolute atomic E-state index is 0.0313. The van der Waals surface area contributed by atoms with Crippen molar-refractivity contribution in [3.8, 4) is 0 Å². The van der Waals surface area contributed by atoms with Crippen molar-refractivity contribution in [2.45, 2.75) is 32.6 Å². The number of hydrogen-bond donors (Lipinski definition) is 2. The summed E-state index contributed by atoms with van der Waals surface area (Å²) in [5.74, 6) is -0.861. The van der Waals surface area contributed by atoms with Crippen LogP contribution in [0, 0.1) is 0 Å². The molecule has 0 aromatic heterocycles. The predicted octanol–water partition coefficient (Wildman–Crippen LogP) is 3.05. The van der Waals surface area contributed by atoms with E-state index >= 15 is 0 Å². The number of unbranched alkanes of at least 4 members (excludes halogenated alkanes) is 1. The molecule has 1 amide bonds. The molecule has 2 N–H and O–H groups in total. The lowest BCUT2D eigenvalue weighted by atomic mass is 10.1. The van der Waals surface area contributed by atoms with Crippen LogP contribution in [0.15, 0.2) is 24.3 Å². The molecule has 1 aromatic carbocycles. The predicted molar refractivity (Wildman–Crippen MR) is 72.3 cm³/mol. The van der Waals surface area contributed by atoms with Gasteiger partial charge < -0.3 is 9.84 Å². The van der Waals surface area contributed by atoms with Gasteiger partial charge in [-0.15, -0.1) is 0 Å². The first-order chi connectivity index (χ1) is 9.13. The van der Waals surface area contributed by atoms with Crippen LogP contribution in [0.2, 0.25) is 0 Å². The molecule has 5 heteroatoms. The van der Waals surface area contributed by atoms with Crippen LogP contribution in [-0.2, 0) is 16.0 Å². The van der Waals surface area contributed by atoms with E-state index in [9.17, 15) is 9.59 Å². The second kappa shape index (κ2) is 8.13. The minimum atomic E-state index is -0.861. The molecule has 0 aliphatic carbocycles. The summed E-state index contributed by atoms with van der Waals surface area (Å²) in [7, 11) is 0. The molecule has 0 heterocycles. The molecule has 0 aliphatic rings. The Labute approximate surface area is 112 Å². The van der Waals surface area contributed by atoms with Crippen LogP contribution in [0.5, 0.6) is 0 Å². The van der Waals surface area contributed by atoms with Gasteiger partial charge in [-0.25, -0.2) is 4.79 Å². The number of hydrogen-bond acceptors (Lipinski definition) is 3. The number of ether oxygens (including phenoxy) is 1. The van der Waals surface area contributed by atoms with Crippen molar-refractivity contribution in [3.05, 3.63) is 29.8 Å². The van der Waals surface area contributed by atoms with Crippen LogP contribution in [-0.4, -0.2) is 23.8 Å². The summed E-state index contributed by atoms with van der Waals surface area (Å²) in [6.45, 7) is 2.40. The van der Waals surface area contributed by atoms with Gasteiger partial charge in [-0.2, -0.15) is 0 Å². The summed E-state index contributed by atoms with van der Waals surface area (Å²) in [4.78, 5) is 22.1. The van der Waals surface area contributed by atoms with E-state index in [0.717, 1.165) is 18.4 Å². The molecule has 104 valence electrons. The number of rotatable bonds is 7. The van der Waals surface area contributed by atoms with Gasteiger partial charge in [0.25, 0.3) is 0 Å². The van der Waals surface area contributed by atoms with Gasteiger partial charge in [0.2, 0.25) is 0 Å². The normalized spacial score (nSPS) is 9.95. The Balaban J connectivity index is 2.56. The van der Waals surface area contributed by atoms with Crippen molar-refractivity contribution < 1.29 is 19.4 Å². The molecule has 0 fully saturated rings. The Morgan fingerprint density at radius 1 is 1.32 bits per heavy atom. The summed E-state index contributed by atoms with van der Waals surface area (Å²) in [5.41, 5.74) is 1.39. The Kier molecular flexibility index (Phi) is 6.43. The van der Waals surface area contributed by atoms with E-state index < -0.39 is 12.1 Å². The average molecular weight is 265 g/mol. The summed E-state index contributed by atoms with van der Waals surface area (Å²) in [6, 6.07) is 7.12. The third-order valence-corrected chi connectivity index (χ3v) is 2.59. The molecular weight excluding hydrogens is 246 g/mol. The topological polar surface area (TPSA) is 75.6 Å². The van der Waals surface area contributed by atoms with Gasteiger partial charge in [-0.3, -0.25) is 10.1 Å². The van der Waals surface area contributed by atoms with Crippen LogP contribution in [0.25, 0.3) is 0 Å². The van der Waals surface area contributed by atoms with Gasteiger partial charge in [-0.05, 0) is 24.5 Å². The lowest BCUT2D eigenvalue weighted by Crippen LogP contribution is -2.15. The zero-order valence-electron chi connectivity index (χ0n) is 11.0. The minimum Gasteiger partial charge on any atom is -0.481 e. The van der Waals surface area contributed by atoms with E-state index in [1.807, 2.05) is 13.0 Å². The lowest BCUT2D eigenvalue weighted by Gasteiger charge is -2.10. The van der Waals surface area contributed by atoms with E-state index in [-0.39, 0.29) is 6.42 Å². The quantitative estimate of drug-likeness (QED) is 0.743. The van der Waals surface area contributed by atoms with Crippen molar-refractivity contribution in [1.29, 1.82) is 0 Å². The molecule has 0 radical (unpaired) electrons. The average Bonchev–Trinajstić information content (AvgIpc) is 2.38. The number of aliphatic carboxylic acids is 1. The number of anilines is 1. The first kappa shape index (κ1) is 15.0. The van der Waals surface area contributed by atoms with Crippen LogP contribution in [0.3, 0.4) is 0 Å². The molecule has 0 bridgehead atoms. The van der Waals surface area contributed by atoms with Gasteiger partial charge in [-0.1, -0.05) is 31.5 Å². The highest BCUT2D eigenvalue weighted by molar-refractivity contribution is 5.85. The largest absolute Gasteiger partial charge is 0.481 e. The van der Waals surface area contributed by atoms with Gasteiger partial charge >= 0.3 is 12.1 Å². The monoisotopic (exact) mass is 265 g/mol. The van der Waals surface area contributed by atoms with E-state index in [4.69, 9.17) is 9.84 Å². The van der Waals surface area contributed by atoms with Crippen molar-refractivity contribution in [3.63, 3.8) is 0 Å². The van der Waals surface area contributed by atoms with Crippen LogP contribution < -0.4 is 5.32 Å². The van der Waals surface area contributed by atoms with Crippen LogP contribution in [0.4, 0.5) is 10.5 Å². The number of nitrogens with one attached hydrogen (secondary N) is 1. The second-order valence-corrected chi connectivity index (χ2v) is 4.17. The second-order valence-electron chi connectivity index (χ2n) is 4.17. The van der Waals surface area contributed by atoms with Crippen molar-refractivity contribution in [2.75, 3.05) is 11.9 Å². The Hall–Kier alpha value is -2.04. The molecule has 1 aromatic rings. The molecule has 0 spiro atoms. The Bertz CT molecular complexity index is 431. The molecule has 0 saturated carbocycles. The highest BCUT2D eigenvalue weighted by Crippen LogP contribution is 2.17. The molecule has 0 unspecified atom stereocenters. The Morgan fingerprint density at radius 3 is 2.74 bits per heavy atom. The SMILES string of the molecule is CCCCOC(=O)Nc1ccccc1CCC(=O)O. The lowest BCUT2D eigenvalue weighted by molar-refractivity contribution is -0.136. The molecular formula is C14H19NO4. The third-order valence-electron chi connectivity index (χ3n) is 2.59. The number of para-hydroxylation sites is 1. The first-order valence-corrected chi connectivity index (χ1v) is 6.37. The van der Waals surface area contributed by atoms with E-state index in [0.29, 0.717) is 18.7 Å². The maximum Gasteiger partial charge on any atom is 0.411 e. The number of aryl methyl sites for hydroxylation is 1. The fourth-order valence-electron chi connectivity index (χ4n) is 1.56. The zero-order chi connectivity index (χ0) is 14.1. The number of carbonyl (C=O) groups is 2.